The lowest BCUT2D eigenvalue weighted by Crippen LogP contribution is -1.87. The maximum atomic E-state index is 5.00. The molecule has 0 aliphatic heterocycles. The lowest BCUT2D eigenvalue weighted by molar-refractivity contribution is 0.293. The van der Waals surface area contributed by atoms with Crippen molar-refractivity contribution in [3.8, 4) is 0 Å². The van der Waals surface area contributed by atoms with E-state index in [0.717, 1.165) is 5.76 Å². The third-order valence-electron chi connectivity index (χ3n) is 1.81. The summed E-state index contributed by atoms with van der Waals surface area (Å²) in [6.07, 6.45) is 4.10. The van der Waals surface area contributed by atoms with E-state index < -0.39 is 0 Å². The van der Waals surface area contributed by atoms with E-state index in [0.29, 0.717) is 5.92 Å². The molecule has 0 saturated heterocycles. The molecule has 0 aliphatic carbocycles. The van der Waals surface area contributed by atoms with Gasteiger partial charge in [0, 0.05) is 0 Å². The average molecular weight is 184 g/mol. The van der Waals surface area contributed by atoms with E-state index in [9.17, 15) is 0 Å². The van der Waals surface area contributed by atoms with E-state index in [1.807, 2.05) is 26.8 Å². The fourth-order valence-corrected chi connectivity index (χ4v) is 0.509. The number of methoxy groups -OCH3 is 1. The van der Waals surface area contributed by atoms with Gasteiger partial charge in [-0.05, 0) is 25.8 Å². The Morgan fingerprint density at radius 1 is 1.08 bits per heavy atom. The van der Waals surface area contributed by atoms with Gasteiger partial charge in [0.05, 0.1) is 12.9 Å². The highest BCUT2D eigenvalue weighted by Gasteiger charge is 1.93. The summed E-state index contributed by atoms with van der Waals surface area (Å²) in [6.45, 7) is 12.4. The Bertz CT molecular complexity index is 164. The standard InChI is InChI=1S/C10H18O.C2H6/c1-8(2)9(3)6-7-10(4)11-5;1-2/h6-8H,1-5H3;1-2H3/b9-6+,10-7+;. The highest BCUT2D eigenvalue weighted by Crippen LogP contribution is 2.08. The van der Waals surface area contributed by atoms with Gasteiger partial charge in [0.2, 0.25) is 0 Å². The zero-order valence-electron chi connectivity index (χ0n) is 10.1. The van der Waals surface area contributed by atoms with Gasteiger partial charge in [0.1, 0.15) is 0 Å². The molecule has 1 heteroatoms. The van der Waals surface area contributed by atoms with Gasteiger partial charge in [0.15, 0.2) is 0 Å². The van der Waals surface area contributed by atoms with Crippen LogP contribution in [0.15, 0.2) is 23.5 Å². The molecule has 0 aromatic carbocycles. The second-order valence-electron chi connectivity index (χ2n) is 3.05. The number of allylic oxidation sites excluding steroid dienone is 4. The monoisotopic (exact) mass is 184 g/mol. The van der Waals surface area contributed by atoms with Crippen LogP contribution in [0, 0.1) is 5.92 Å². The lowest BCUT2D eigenvalue weighted by Gasteiger charge is -2.02. The molecule has 0 atom stereocenters. The average Bonchev–Trinajstić information content (AvgIpc) is 2.16. The predicted molar refractivity (Wildman–Crippen MR) is 60.7 cm³/mol. The Morgan fingerprint density at radius 2 is 1.54 bits per heavy atom. The molecular weight excluding hydrogens is 160 g/mol. The van der Waals surface area contributed by atoms with E-state index in [4.69, 9.17) is 4.74 Å². The molecule has 0 fully saturated rings. The summed E-state index contributed by atoms with van der Waals surface area (Å²) in [4.78, 5) is 0. The second kappa shape index (κ2) is 9.37. The number of hydrogen-bond donors (Lipinski definition) is 0. The van der Waals surface area contributed by atoms with Crippen LogP contribution in [0.1, 0.15) is 41.5 Å². The van der Waals surface area contributed by atoms with Crippen LogP contribution in [0.25, 0.3) is 0 Å². The van der Waals surface area contributed by atoms with Crippen LogP contribution >= 0.6 is 0 Å². The molecule has 13 heavy (non-hydrogen) atoms. The minimum absolute atomic E-state index is 0.621. The minimum atomic E-state index is 0.621. The van der Waals surface area contributed by atoms with E-state index in [2.05, 4.69) is 26.8 Å². The molecule has 0 aliphatic rings. The first-order valence-electron chi connectivity index (χ1n) is 4.97. The van der Waals surface area contributed by atoms with E-state index in [1.165, 1.54) is 5.57 Å². The Balaban J connectivity index is 0. The van der Waals surface area contributed by atoms with E-state index in [-0.39, 0.29) is 0 Å². The van der Waals surface area contributed by atoms with Crippen molar-refractivity contribution in [3.63, 3.8) is 0 Å². The van der Waals surface area contributed by atoms with Crippen molar-refractivity contribution in [1.82, 2.24) is 0 Å². The summed E-state index contributed by atoms with van der Waals surface area (Å²) in [5.74, 6) is 1.57. The molecule has 0 spiro atoms. The number of ether oxygens (including phenoxy) is 1. The molecule has 0 N–H and O–H groups in total. The Hall–Kier alpha value is -0.720. The zero-order chi connectivity index (χ0) is 10.9. The molecule has 78 valence electrons. The van der Waals surface area contributed by atoms with Crippen molar-refractivity contribution < 1.29 is 4.74 Å². The molecule has 0 heterocycles. The minimum Gasteiger partial charge on any atom is -0.501 e. The topological polar surface area (TPSA) is 9.23 Å². The highest BCUT2D eigenvalue weighted by molar-refractivity contribution is 5.13. The van der Waals surface area contributed by atoms with Crippen molar-refractivity contribution in [2.45, 2.75) is 41.5 Å². The van der Waals surface area contributed by atoms with Crippen molar-refractivity contribution in [3.05, 3.63) is 23.5 Å². The summed E-state index contributed by atoms with van der Waals surface area (Å²) in [6, 6.07) is 0. The second-order valence-corrected chi connectivity index (χ2v) is 3.05. The Morgan fingerprint density at radius 3 is 1.85 bits per heavy atom. The van der Waals surface area contributed by atoms with Gasteiger partial charge >= 0.3 is 0 Å². The Kier molecular flexibility index (Phi) is 10.7. The lowest BCUT2D eigenvalue weighted by atomic mass is 10.1. The van der Waals surface area contributed by atoms with Crippen LogP contribution in [0.5, 0.6) is 0 Å². The normalized spacial score (nSPS) is 12.3. The molecule has 0 bridgehead atoms. The zero-order valence-corrected chi connectivity index (χ0v) is 10.1. The smallest absolute Gasteiger partial charge is 0.0924 e. The third-order valence-corrected chi connectivity index (χ3v) is 1.81. The number of hydrogen-bond acceptors (Lipinski definition) is 1. The van der Waals surface area contributed by atoms with Crippen LogP contribution < -0.4 is 0 Å². The van der Waals surface area contributed by atoms with Crippen LogP contribution in [-0.4, -0.2) is 7.11 Å². The van der Waals surface area contributed by atoms with Crippen molar-refractivity contribution >= 4 is 0 Å². The molecule has 0 saturated carbocycles. The highest BCUT2D eigenvalue weighted by atomic mass is 16.5. The summed E-state index contributed by atoms with van der Waals surface area (Å²) < 4.78 is 5.00. The third kappa shape index (κ3) is 9.19. The van der Waals surface area contributed by atoms with Gasteiger partial charge in [0.25, 0.3) is 0 Å². The summed E-state index contributed by atoms with van der Waals surface area (Å²) in [5.41, 5.74) is 1.38. The molecule has 0 aromatic heterocycles. The van der Waals surface area contributed by atoms with Crippen LogP contribution in [0.3, 0.4) is 0 Å². The molecule has 0 aromatic rings. The molecule has 0 amide bonds. The first-order valence-corrected chi connectivity index (χ1v) is 4.97. The van der Waals surface area contributed by atoms with Crippen LogP contribution in [0.2, 0.25) is 0 Å². The molecule has 0 unspecified atom stereocenters. The predicted octanol–water partition coefficient (Wildman–Crippen LogP) is 4.17. The largest absolute Gasteiger partial charge is 0.501 e. The maximum absolute atomic E-state index is 5.00. The van der Waals surface area contributed by atoms with Crippen molar-refractivity contribution in [1.29, 1.82) is 0 Å². The first kappa shape index (κ1) is 14.8. The van der Waals surface area contributed by atoms with Gasteiger partial charge in [-0.3, -0.25) is 0 Å². The van der Waals surface area contributed by atoms with Gasteiger partial charge in [-0.1, -0.05) is 39.3 Å². The Labute approximate surface area is 83.5 Å². The van der Waals surface area contributed by atoms with Gasteiger partial charge in [-0.2, -0.15) is 0 Å². The number of rotatable bonds is 3. The van der Waals surface area contributed by atoms with Crippen LogP contribution in [0.4, 0.5) is 0 Å². The SMILES string of the molecule is CC.CO/C(C)=C/C=C(\C)C(C)C. The van der Waals surface area contributed by atoms with Crippen LogP contribution in [-0.2, 0) is 4.74 Å². The molecule has 1 nitrogen and oxygen atoms in total. The fraction of sp³-hybridized carbons (Fsp3) is 0.667. The first-order chi connectivity index (χ1) is 6.07. The van der Waals surface area contributed by atoms with Crippen molar-refractivity contribution in [2.24, 2.45) is 5.92 Å². The summed E-state index contributed by atoms with van der Waals surface area (Å²) in [7, 11) is 1.68. The quantitative estimate of drug-likeness (QED) is 0.472. The summed E-state index contributed by atoms with van der Waals surface area (Å²) in [5, 5.41) is 0. The van der Waals surface area contributed by atoms with E-state index in [1.54, 1.807) is 7.11 Å². The molecular formula is C12H24O. The van der Waals surface area contributed by atoms with E-state index >= 15 is 0 Å². The van der Waals surface area contributed by atoms with Gasteiger partial charge < -0.3 is 4.74 Å². The molecule has 0 rings (SSSR count). The summed E-state index contributed by atoms with van der Waals surface area (Å²) >= 11 is 0. The molecule has 0 radical (unpaired) electrons. The maximum Gasteiger partial charge on any atom is 0.0924 e. The van der Waals surface area contributed by atoms with Crippen molar-refractivity contribution in [2.75, 3.05) is 7.11 Å². The van der Waals surface area contributed by atoms with Gasteiger partial charge in [-0.15, -0.1) is 0 Å². The van der Waals surface area contributed by atoms with Gasteiger partial charge in [-0.25, -0.2) is 0 Å². The fourth-order valence-electron chi connectivity index (χ4n) is 0.509.